The Bertz CT molecular complexity index is 2780. The van der Waals surface area contributed by atoms with E-state index in [1.54, 1.807) is 6.07 Å². The molecule has 3 atom stereocenters. The summed E-state index contributed by atoms with van der Waals surface area (Å²) >= 11 is 0. The minimum atomic E-state index is -1.04. The van der Waals surface area contributed by atoms with Gasteiger partial charge in [0.25, 0.3) is 0 Å². The minimum Gasteiger partial charge on any atom is -0.373 e. The lowest BCUT2D eigenvalue weighted by Gasteiger charge is -2.48. The number of fused-ring (bicyclic) bond motifs is 3. The van der Waals surface area contributed by atoms with E-state index in [0.717, 1.165) is 78.1 Å². The number of rotatable bonds is 10. The van der Waals surface area contributed by atoms with Crippen molar-refractivity contribution >= 4 is 51.9 Å². The molecule has 3 N–H and O–H groups in total. The van der Waals surface area contributed by atoms with Crippen molar-refractivity contribution in [2.45, 2.75) is 152 Å². The number of aliphatic hydroxyl groups is 1. The van der Waals surface area contributed by atoms with E-state index in [0.29, 0.717) is 101 Å². The van der Waals surface area contributed by atoms with Gasteiger partial charge in [0, 0.05) is 92.9 Å². The van der Waals surface area contributed by atoms with Crippen LogP contribution in [0.4, 0.5) is 21.6 Å². The predicted molar refractivity (Wildman–Crippen MR) is 274 cm³/mol. The maximum absolute atomic E-state index is 15.5. The molecule has 2 unspecified atom stereocenters. The molecular weight excluding hydrogens is 912 g/mol. The van der Waals surface area contributed by atoms with Crippen molar-refractivity contribution in [1.29, 1.82) is 0 Å². The molecule has 0 bridgehead atoms. The first kappa shape index (κ1) is 47.4. The van der Waals surface area contributed by atoms with Crippen LogP contribution in [-0.2, 0) is 24.6 Å². The Morgan fingerprint density at radius 2 is 1.60 bits per heavy atom. The molecule has 6 aliphatic heterocycles. The summed E-state index contributed by atoms with van der Waals surface area (Å²) in [6, 6.07) is 14.9. The van der Waals surface area contributed by atoms with Gasteiger partial charge in [-0.05, 0) is 146 Å². The molecular formula is C56H71FN10O5. The molecule has 2 aromatic carbocycles. The molecule has 16 heteroatoms. The number of nitrogens with zero attached hydrogens (tertiary/aromatic N) is 8. The molecule has 4 amide bonds. The SMILES string of the molecule is CC(C)n1cnc2cc(-c3ccc4c(c3)N([C@H]3C[C@@H](N5CCCCC5)C3)C(=O)C43CCN(C(=O)[C@]4(C)CCN(C(=O)C5CCN(c6ccc(C7CCC(=O)NC7O)cc6F)CC5)C4)CC3)nc(NC3CC3)c21. The number of aliphatic hydroxyl groups excluding tert-OH is 1. The molecule has 5 saturated heterocycles. The fourth-order valence-corrected chi connectivity index (χ4v) is 13.6. The Balaban J connectivity index is 0.724. The first-order valence-corrected chi connectivity index (χ1v) is 27.2. The number of hydrogen-bond acceptors (Lipinski definition) is 10. The fraction of sp³-hybridized carbons (Fsp3) is 0.607. The van der Waals surface area contributed by atoms with Gasteiger partial charge >= 0.3 is 0 Å². The van der Waals surface area contributed by atoms with E-state index in [9.17, 15) is 19.5 Å². The number of likely N-dealkylation sites (tertiary alicyclic amines) is 3. The molecule has 2 aliphatic carbocycles. The topological polar surface area (TPSA) is 159 Å². The Morgan fingerprint density at radius 1 is 0.847 bits per heavy atom. The summed E-state index contributed by atoms with van der Waals surface area (Å²) in [7, 11) is 0. The average molecular weight is 983 g/mol. The van der Waals surface area contributed by atoms with E-state index in [1.165, 1.54) is 25.3 Å². The second-order valence-corrected chi connectivity index (χ2v) is 23.2. The van der Waals surface area contributed by atoms with Gasteiger partial charge in [0.05, 0.1) is 34.1 Å². The second kappa shape index (κ2) is 18.4. The third kappa shape index (κ3) is 8.32. The summed E-state index contributed by atoms with van der Waals surface area (Å²) in [5.74, 6) is 0.00663. The fourth-order valence-electron chi connectivity index (χ4n) is 13.6. The number of benzene rings is 2. The van der Waals surface area contributed by atoms with E-state index in [-0.39, 0.29) is 59.8 Å². The highest BCUT2D eigenvalue weighted by molar-refractivity contribution is 6.09. The third-order valence-electron chi connectivity index (χ3n) is 18.2. The highest BCUT2D eigenvalue weighted by Gasteiger charge is 2.57. The lowest BCUT2D eigenvalue weighted by Crippen LogP contribution is -2.59. The summed E-state index contributed by atoms with van der Waals surface area (Å²) in [4.78, 5) is 76.4. The first-order valence-electron chi connectivity index (χ1n) is 27.2. The molecule has 382 valence electrons. The Morgan fingerprint density at radius 3 is 2.31 bits per heavy atom. The highest BCUT2D eigenvalue weighted by atomic mass is 19.1. The third-order valence-corrected chi connectivity index (χ3v) is 18.2. The lowest BCUT2D eigenvalue weighted by molar-refractivity contribution is -0.145. The van der Waals surface area contributed by atoms with Crippen molar-refractivity contribution < 1.29 is 28.7 Å². The van der Waals surface area contributed by atoms with Crippen molar-refractivity contribution in [2.75, 3.05) is 67.5 Å². The smallest absolute Gasteiger partial charge is 0.238 e. The van der Waals surface area contributed by atoms with Crippen LogP contribution in [0.3, 0.4) is 0 Å². The number of hydrogen-bond donors (Lipinski definition) is 3. The standard InChI is InChI=1S/C56H71FN10O5/c1-34(2)66-33-58-45-31-44(60-50(49(45)66)59-38-9-10-38)37-7-12-42-47(28-37)67(40-29-39(30-40)62-20-5-4-6-21-62)54(72)56(42)18-25-64(26-19-56)53(71)55(3)17-24-65(32-55)52(70)35-15-22-63(23-16-35)46-13-8-36(27-43(46)57)41-11-14-48(68)61-51(41)69/h7-8,12-13,27-28,31,33-35,38-41,51,69H,4-6,9-11,14-26,29-30,32H2,1-3H3,(H,59,60)(H,61,68)/t39-,40+,41?,51?,55-/m1/s1. The highest BCUT2D eigenvalue weighted by Crippen LogP contribution is 2.53. The van der Waals surface area contributed by atoms with Crippen LogP contribution in [-0.4, -0.2) is 135 Å². The normalized spacial score (nSPS) is 28.0. The number of halogens is 1. The Labute approximate surface area is 421 Å². The zero-order valence-electron chi connectivity index (χ0n) is 42.3. The van der Waals surface area contributed by atoms with E-state index in [4.69, 9.17) is 9.97 Å². The molecule has 15 nitrogen and oxygen atoms in total. The number of aromatic nitrogens is 3. The Kier molecular flexibility index (Phi) is 12.1. The molecule has 1 spiro atoms. The summed E-state index contributed by atoms with van der Waals surface area (Å²) < 4.78 is 17.7. The van der Waals surface area contributed by atoms with E-state index in [1.807, 2.05) is 34.0 Å². The number of carbonyl (C=O) groups is 4. The van der Waals surface area contributed by atoms with Crippen LogP contribution in [0.1, 0.15) is 134 Å². The summed E-state index contributed by atoms with van der Waals surface area (Å²) in [5, 5.41) is 16.6. The largest absolute Gasteiger partial charge is 0.373 e. The molecule has 12 rings (SSSR count). The maximum Gasteiger partial charge on any atom is 0.238 e. The average Bonchev–Trinajstić information content (AvgIpc) is 3.84. The van der Waals surface area contributed by atoms with E-state index < -0.39 is 17.1 Å². The zero-order valence-corrected chi connectivity index (χ0v) is 42.3. The number of pyridine rings is 1. The molecule has 7 fully saturated rings. The van der Waals surface area contributed by atoms with Crippen molar-refractivity contribution in [1.82, 2.24) is 34.6 Å². The number of imidazole rings is 1. The predicted octanol–water partition coefficient (Wildman–Crippen LogP) is 7.08. The minimum absolute atomic E-state index is 0.0581. The Hall–Kier alpha value is -5.61. The monoisotopic (exact) mass is 983 g/mol. The van der Waals surface area contributed by atoms with E-state index in [2.05, 4.69) is 63.1 Å². The van der Waals surface area contributed by atoms with Crippen molar-refractivity contribution in [3.63, 3.8) is 0 Å². The van der Waals surface area contributed by atoms with Crippen LogP contribution in [0, 0.1) is 17.2 Å². The van der Waals surface area contributed by atoms with Crippen LogP contribution in [0.15, 0.2) is 48.8 Å². The van der Waals surface area contributed by atoms with Crippen LogP contribution < -0.4 is 20.4 Å². The van der Waals surface area contributed by atoms with Gasteiger partial charge in [-0.25, -0.2) is 14.4 Å². The lowest BCUT2D eigenvalue weighted by atomic mass is 9.72. The first-order chi connectivity index (χ1) is 34.8. The van der Waals surface area contributed by atoms with Gasteiger partial charge in [-0.3, -0.25) is 19.2 Å². The molecule has 8 aliphatic rings. The van der Waals surface area contributed by atoms with Crippen LogP contribution in [0.25, 0.3) is 22.3 Å². The van der Waals surface area contributed by atoms with E-state index >= 15 is 9.18 Å². The van der Waals surface area contributed by atoms with Gasteiger partial charge < -0.3 is 44.8 Å². The van der Waals surface area contributed by atoms with Gasteiger partial charge in [-0.15, -0.1) is 0 Å². The van der Waals surface area contributed by atoms with Gasteiger partial charge in [0.2, 0.25) is 23.6 Å². The van der Waals surface area contributed by atoms with Gasteiger partial charge in [-0.1, -0.05) is 24.6 Å². The summed E-state index contributed by atoms with van der Waals surface area (Å²) in [5.41, 5.74) is 5.48. The van der Waals surface area contributed by atoms with Crippen LogP contribution in [0.5, 0.6) is 0 Å². The van der Waals surface area contributed by atoms with Crippen LogP contribution >= 0.6 is 0 Å². The molecule has 72 heavy (non-hydrogen) atoms. The van der Waals surface area contributed by atoms with Gasteiger partial charge in [0.15, 0.2) is 5.82 Å². The van der Waals surface area contributed by atoms with Crippen molar-refractivity contribution in [3.05, 3.63) is 65.7 Å². The second-order valence-electron chi connectivity index (χ2n) is 23.2. The number of amides is 4. The number of nitrogens with one attached hydrogen (secondary N) is 2. The van der Waals surface area contributed by atoms with Gasteiger partial charge in [0.1, 0.15) is 17.6 Å². The van der Waals surface area contributed by atoms with Crippen molar-refractivity contribution in [2.24, 2.45) is 11.3 Å². The summed E-state index contributed by atoms with van der Waals surface area (Å²) in [6.07, 6.45) is 12.5. The quantitative estimate of drug-likeness (QED) is 0.150. The summed E-state index contributed by atoms with van der Waals surface area (Å²) in [6.45, 7) is 11.5. The van der Waals surface area contributed by atoms with Gasteiger partial charge in [-0.2, -0.15) is 0 Å². The number of carbonyl (C=O) groups excluding carboxylic acids is 4. The van der Waals surface area contributed by atoms with Crippen LogP contribution in [0.2, 0.25) is 0 Å². The molecule has 2 saturated carbocycles. The number of piperidine rings is 4. The molecule has 0 radical (unpaired) electrons. The molecule has 4 aromatic rings. The zero-order chi connectivity index (χ0) is 49.6. The number of anilines is 3. The maximum atomic E-state index is 15.5. The molecule has 2 aromatic heterocycles. The van der Waals surface area contributed by atoms with Crippen molar-refractivity contribution in [3.8, 4) is 11.3 Å². The molecule has 8 heterocycles.